The lowest BCUT2D eigenvalue weighted by Crippen LogP contribution is -2.36. The second-order valence-corrected chi connectivity index (χ2v) is 6.75. The van der Waals surface area contributed by atoms with Gasteiger partial charge < -0.3 is 9.73 Å². The fourth-order valence-corrected chi connectivity index (χ4v) is 3.30. The van der Waals surface area contributed by atoms with E-state index in [4.69, 9.17) is 4.42 Å². The molecule has 0 atom stereocenters. The number of rotatable bonds is 8. The molecule has 120 valence electrons. The standard InChI is InChI=1S/C18H32N2O/c1-4-20(17-8-6-5-7-9-17)14-16-10-11-21-18(16)13-19-12-15(2)3/h10-11,15,17,19H,4-9,12-14H2,1-3H3. The van der Waals surface area contributed by atoms with Gasteiger partial charge in [0.15, 0.2) is 0 Å². The van der Waals surface area contributed by atoms with E-state index >= 15 is 0 Å². The third-order valence-corrected chi connectivity index (χ3v) is 4.55. The van der Waals surface area contributed by atoms with E-state index < -0.39 is 0 Å². The van der Waals surface area contributed by atoms with Gasteiger partial charge in [0, 0.05) is 18.2 Å². The third kappa shape index (κ3) is 5.15. The van der Waals surface area contributed by atoms with E-state index in [0.717, 1.165) is 38.0 Å². The molecule has 0 spiro atoms. The molecule has 1 saturated carbocycles. The maximum absolute atomic E-state index is 5.69. The predicted octanol–water partition coefficient (Wildman–Crippen LogP) is 4.18. The molecule has 3 nitrogen and oxygen atoms in total. The Bertz CT molecular complexity index is 394. The summed E-state index contributed by atoms with van der Waals surface area (Å²) in [5.74, 6) is 1.79. The third-order valence-electron chi connectivity index (χ3n) is 4.55. The summed E-state index contributed by atoms with van der Waals surface area (Å²) < 4.78 is 5.69. The summed E-state index contributed by atoms with van der Waals surface area (Å²) in [7, 11) is 0. The highest BCUT2D eigenvalue weighted by molar-refractivity contribution is 5.17. The van der Waals surface area contributed by atoms with Crippen LogP contribution in [0.25, 0.3) is 0 Å². The molecule has 0 unspecified atom stereocenters. The molecular formula is C18H32N2O. The molecule has 21 heavy (non-hydrogen) atoms. The van der Waals surface area contributed by atoms with E-state index in [1.54, 1.807) is 0 Å². The Morgan fingerprint density at radius 3 is 2.71 bits per heavy atom. The van der Waals surface area contributed by atoms with E-state index in [1.165, 1.54) is 37.7 Å². The molecular weight excluding hydrogens is 260 g/mol. The summed E-state index contributed by atoms with van der Waals surface area (Å²) in [5.41, 5.74) is 1.36. The van der Waals surface area contributed by atoms with Crippen LogP contribution in [0.5, 0.6) is 0 Å². The summed E-state index contributed by atoms with van der Waals surface area (Å²) in [6.45, 7) is 10.8. The van der Waals surface area contributed by atoms with Crippen molar-refractivity contribution in [3.05, 3.63) is 23.7 Å². The highest BCUT2D eigenvalue weighted by Gasteiger charge is 2.21. The molecule has 1 N–H and O–H groups in total. The SMILES string of the molecule is CCN(Cc1ccoc1CNCC(C)C)C1CCCCC1. The number of nitrogens with one attached hydrogen (secondary N) is 1. The summed E-state index contributed by atoms with van der Waals surface area (Å²) in [5, 5.41) is 3.49. The minimum absolute atomic E-state index is 0.679. The summed E-state index contributed by atoms with van der Waals surface area (Å²) in [4.78, 5) is 2.63. The van der Waals surface area contributed by atoms with Crippen LogP contribution in [0.1, 0.15) is 64.2 Å². The molecule has 1 aliphatic rings. The minimum Gasteiger partial charge on any atom is -0.468 e. The van der Waals surface area contributed by atoms with Gasteiger partial charge >= 0.3 is 0 Å². The monoisotopic (exact) mass is 292 g/mol. The second kappa shape index (κ2) is 8.60. The Balaban J connectivity index is 1.89. The molecule has 1 aliphatic carbocycles. The molecule has 0 radical (unpaired) electrons. The largest absolute Gasteiger partial charge is 0.468 e. The van der Waals surface area contributed by atoms with Crippen LogP contribution in [0.3, 0.4) is 0 Å². The van der Waals surface area contributed by atoms with Crippen molar-refractivity contribution in [1.29, 1.82) is 0 Å². The molecule has 0 aliphatic heterocycles. The van der Waals surface area contributed by atoms with Crippen LogP contribution in [-0.4, -0.2) is 24.0 Å². The van der Waals surface area contributed by atoms with Crippen molar-refractivity contribution < 1.29 is 4.42 Å². The van der Waals surface area contributed by atoms with Crippen LogP contribution in [-0.2, 0) is 13.1 Å². The van der Waals surface area contributed by atoms with Crippen LogP contribution in [0.2, 0.25) is 0 Å². The molecule has 0 aromatic carbocycles. The van der Waals surface area contributed by atoms with Gasteiger partial charge in [-0.15, -0.1) is 0 Å². The lowest BCUT2D eigenvalue weighted by Gasteiger charge is -2.33. The second-order valence-electron chi connectivity index (χ2n) is 6.75. The zero-order chi connectivity index (χ0) is 15.1. The van der Waals surface area contributed by atoms with E-state index in [0.29, 0.717) is 5.92 Å². The zero-order valence-electron chi connectivity index (χ0n) is 14.0. The van der Waals surface area contributed by atoms with Gasteiger partial charge in [0.2, 0.25) is 0 Å². The van der Waals surface area contributed by atoms with Crippen LogP contribution < -0.4 is 5.32 Å². The fraction of sp³-hybridized carbons (Fsp3) is 0.778. The average molecular weight is 292 g/mol. The Morgan fingerprint density at radius 2 is 2.05 bits per heavy atom. The first-order valence-corrected chi connectivity index (χ1v) is 8.70. The average Bonchev–Trinajstić information content (AvgIpc) is 2.92. The number of furan rings is 1. The van der Waals surface area contributed by atoms with Gasteiger partial charge in [-0.25, -0.2) is 0 Å². The maximum atomic E-state index is 5.69. The molecule has 0 amide bonds. The van der Waals surface area contributed by atoms with Crippen molar-refractivity contribution >= 4 is 0 Å². The molecule has 0 bridgehead atoms. The van der Waals surface area contributed by atoms with Crippen LogP contribution in [0, 0.1) is 5.92 Å². The lowest BCUT2D eigenvalue weighted by molar-refractivity contribution is 0.155. The van der Waals surface area contributed by atoms with Gasteiger partial charge in [-0.2, -0.15) is 0 Å². The Labute approximate surface area is 130 Å². The van der Waals surface area contributed by atoms with Crippen molar-refractivity contribution in [2.45, 2.75) is 72.0 Å². The van der Waals surface area contributed by atoms with Crippen LogP contribution in [0.4, 0.5) is 0 Å². The van der Waals surface area contributed by atoms with Crippen molar-refractivity contribution in [2.75, 3.05) is 13.1 Å². The minimum atomic E-state index is 0.679. The Hall–Kier alpha value is -0.800. The van der Waals surface area contributed by atoms with Crippen LogP contribution in [0.15, 0.2) is 16.7 Å². The van der Waals surface area contributed by atoms with Gasteiger partial charge in [0.1, 0.15) is 5.76 Å². The lowest BCUT2D eigenvalue weighted by atomic mass is 9.94. The number of hydrogen-bond acceptors (Lipinski definition) is 3. The molecule has 1 aromatic heterocycles. The molecule has 1 heterocycles. The fourth-order valence-electron chi connectivity index (χ4n) is 3.30. The van der Waals surface area contributed by atoms with E-state index in [2.05, 4.69) is 37.1 Å². The maximum Gasteiger partial charge on any atom is 0.122 e. The van der Waals surface area contributed by atoms with Gasteiger partial charge in [-0.1, -0.05) is 40.0 Å². The Morgan fingerprint density at radius 1 is 1.29 bits per heavy atom. The predicted molar refractivity (Wildman–Crippen MR) is 88.2 cm³/mol. The van der Waals surface area contributed by atoms with Crippen molar-refractivity contribution in [2.24, 2.45) is 5.92 Å². The topological polar surface area (TPSA) is 28.4 Å². The highest BCUT2D eigenvalue weighted by Crippen LogP contribution is 2.24. The summed E-state index contributed by atoms with van der Waals surface area (Å²) in [6, 6.07) is 2.92. The van der Waals surface area contributed by atoms with Gasteiger partial charge in [-0.05, 0) is 37.9 Å². The first kappa shape index (κ1) is 16.6. The molecule has 3 heteroatoms. The van der Waals surface area contributed by atoms with Gasteiger partial charge in [0.05, 0.1) is 12.8 Å². The summed E-state index contributed by atoms with van der Waals surface area (Å²) >= 11 is 0. The quantitative estimate of drug-likeness (QED) is 0.779. The Kier molecular flexibility index (Phi) is 6.78. The normalized spacial score (nSPS) is 17.0. The number of hydrogen-bond donors (Lipinski definition) is 1. The van der Waals surface area contributed by atoms with Crippen molar-refractivity contribution in [3.8, 4) is 0 Å². The first-order valence-electron chi connectivity index (χ1n) is 8.70. The van der Waals surface area contributed by atoms with Crippen molar-refractivity contribution in [3.63, 3.8) is 0 Å². The van der Waals surface area contributed by atoms with E-state index in [1.807, 2.05) is 6.26 Å². The number of nitrogens with zero attached hydrogens (tertiary/aromatic N) is 1. The molecule has 2 rings (SSSR count). The summed E-state index contributed by atoms with van der Waals surface area (Å²) in [6.07, 6.45) is 8.80. The van der Waals surface area contributed by atoms with Gasteiger partial charge in [0.25, 0.3) is 0 Å². The van der Waals surface area contributed by atoms with Crippen molar-refractivity contribution in [1.82, 2.24) is 10.2 Å². The van der Waals surface area contributed by atoms with E-state index in [9.17, 15) is 0 Å². The zero-order valence-corrected chi connectivity index (χ0v) is 14.0. The smallest absolute Gasteiger partial charge is 0.122 e. The van der Waals surface area contributed by atoms with Crippen LogP contribution >= 0.6 is 0 Å². The molecule has 1 aromatic rings. The van der Waals surface area contributed by atoms with Gasteiger partial charge in [-0.3, -0.25) is 4.90 Å². The first-order chi connectivity index (χ1) is 10.2. The highest BCUT2D eigenvalue weighted by atomic mass is 16.3. The van der Waals surface area contributed by atoms with E-state index in [-0.39, 0.29) is 0 Å². The molecule has 0 saturated heterocycles. The molecule has 1 fully saturated rings.